The normalized spacial score (nSPS) is 28.9. The lowest BCUT2D eigenvalue weighted by atomic mass is 10.3. The molecule has 5 heteroatoms. The number of thioether (sulfide) groups is 2. The molecular weight excluding hydrogens is 216 g/mol. The maximum Gasteiger partial charge on any atom is 0.236 e. The summed E-state index contributed by atoms with van der Waals surface area (Å²) in [4.78, 5) is 14.0. The lowest BCUT2D eigenvalue weighted by molar-refractivity contribution is -0.130. The summed E-state index contributed by atoms with van der Waals surface area (Å²) in [6, 6.07) is 0. The van der Waals surface area contributed by atoms with E-state index in [1.807, 2.05) is 28.4 Å². The Balaban J connectivity index is 1.85. The van der Waals surface area contributed by atoms with Gasteiger partial charge in [0.1, 0.15) is 0 Å². The van der Waals surface area contributed by atoms with Crippen LogP contribution in [0.3, 0.4) is 0 Å². The molecule has 0 aliphatic carbocycles. The zero-order valence-electron chi connectivity index (χ0n) is 8.20. The third-order valence-corrected chi connectivity index (χ3v) is 5.26. The first kappa shape index (κ1) is 10.6. The van der Waals surface area contributed by atoms with E-state index < -0.39 is 0 Å². The van der Waals surface area contributed by atoms with Crippen molar-refractivity contribution >= 4 is 29.4 Å². The largest absolute Gasteiger partial charge is 0.339 e. The molecule has 2 heterocycles. The van der Waals surface area contributed by atoms with Crippen molar-refractivity contribution in [2.45, 2.75) is 5.25 Å². The van der Waals surface area contributed by atoms with Crippen LogP contribution >= 0.6 is 23.5 Å². The van der Waals surface area contributed by atoms with Crippen molar-refractivity contribution in [2.75, 3.05) is 43.4 Å². The number of rotatable bonds is 1. The molecule has 0 saturated carbocycles. The summed E-state index contributed by atoms with van der Waals surface area (Å²) in [6.07, 6.45) is 0. The SMILES string of the molecule is O=C([C@H]1CSCCS1)N1CCNCC1. The van der Waals surface area contributed by atoms with E-state index in [9.17, 15) is 4.79 Å². The second-order valence-corrected chi connectivity index (χ2v) is 5.97. The number of hydrogen-bond acceptors (Lipinski definition) is 4. The van der Waals surface area contributed by atoms with E-state index in [0.29, 0.717) is 5.91 Å². The topological polar surface area (TPSA) is 32.3 Å². The van der Waals surface area contributed by atoms with Gasteiger partial charge in [0.2, 0.25) is 5.91 Å². The summed E-state index contributed by atoms with van der Waals surface area (Å²) < 4.78 is 0. The summed E-state index contributed by atoms with van der Waals surface area (Å²) in [5.41, 5.74) is 0. The molecule has 0 aromatic heterocycles. The van der Waals surface area contributed by atoms with Gasteiger partial charge in [-0.2, -0.15) is 11.8 Å². The van der Waals surface area contributed by atoms with Crippen LogP contribution in [0.1, 0.15) is 0 Å². The van der Waals surface area contributed by atoms with E-state index in [0.717, 1.165) is 37.7 Å². The maximum absolute atomic E-state index is 12.0. The second kappa shape index (κ2) is 5.28. The predicted octanol–water partition coefficient (Wildman–Crippen LogP) is 0.267. The maximum atomic E-state index is 12.0. The lowest BCUT2D eigenvalue weighted by Gasteiger charge is -2.31. The predicted molar refractivity (Wildman–Crippen MR) is 63.0 cm³/mol. The van der Waals surface area contributed by atoms with Crippen LogP contribution in [-0.4, -0.2) is 59.5 Å². The van der Waals surface area contributed by atoms with E-state index in [2.05, 4.69) is 5.32 Å². The minimum Gasteiger partial charge on any atom is -0.339 e. The molecule has 0 radical (unpaired) electrons. The van der Waals surface area contributed by atoms with Crippen LogP contribution in [0.5, 0.6) is 0 Å². The van der Waals surface area contributed by atoms with Gasteiger partial charge in [-0.3, -0.25) is 4.79 Å². The zero-order valence-corrected chi connectivity index (χ0v) is 9.83. The Kier molecular flexibility index (Phi) is 4.01. The average Bonchev–Trinajstić information content (AvgIpc) is 2.30. The van der Waals surface area contributed by atoms with Crippen LogP contribution in [0, 0.1) is 0 Å². The molecule has 0 aromatic rings. The minimum atomic E-state index is 0.229. The van der Waals surface area contributed by atoms with Crippen molar-refractivity contribution in [1.82, 2.24) is 10.2 Å². The third kappa shape index (κ3) is 2.58. The van der Waals surface area contributed by atoms with Crippen LogP contribution < -0.4 is 5.32 Å². The van der Waals surface area contributed by atoms with E-state index in [4.69, 9.17) is 0 Å². The zero-order chi connectivity index (χ0) is 9.80. The summed E-state index contributed by atoms with van der Waals surface area (Å²) in [5, 5.41) is 3.50. The number of nitrogens with zero attached hydrogens (tertiary/aromatic N) is 1. The third-order valence-electron chi connectivity index (χ3n) is 2.52. The van der Waals surface area contributed by atoms with E-state index in [-0.39, 0.29) is 5.25 Å². The quantitative estimate of drug-likeness (QED) is 0.703. The Morgan fingerprint density at radius 1 is 1.29 bits per heavy atom. The van der Waals surface area contributed by atoms with Crippen molar-refractivity contribution < 1.29 is 4.79 Å². The summed E-state index contributed by atoms with van der Waals surface area (Å²) in [7, 11) is 0. The van der Waals surface area contributed by atoms with Crippen molar-refractivity contribution in [1.29, 1.82) is 0 Å². The van der Waals surface area contributed by atoms with E-state index in [1.54, 1.807) is 0 Å². The van der Waals surface area contributed by atoms with Crippen molar-refractivity contribution in [3.05, 3.63) is 0 Å². The number of hydrogen-bond donors (Lipinski definition) is 1. The van der Waals surface area contributed by atoms with E-state index >= 15 is 0 Å². The molecule has 3 nitrogen and oxygen atoms in total. The fraction of sp³-hybridized carbons (Fsp3) is 0.889. The van der Waals surface area contributed by atoms with Crippen molar-refractivity contribution in [3.63, 3.8) is 0 Å². The Morgan fingerprint density at radius 3 is 2.71 bits per heavy atom. The highest BCUT2D eigenvalue weighted by Crippen LogP contribution is 2.25. The first-order valence-electron chi connectivity index (χ1n) is 5.07. The average molecular weight is 232 g/mol. The number of amides is 1. The molecule has 2 rings (SSSR count). The Hall–Kier alpha value is 0.130. The molecule has 2 saturated heterocycles. The first-order chi connectivity index (χ1) is 6.88. The minimum absolute atomic E-state index is 0.229. The molecule has 2 fully saturated rings. The van der Waals surface area contributed by atoms with Gasteiger partial charge in [0.05, 0.1) is 5.25 Å². The van der Waals surface area contributed by atoms with Gasteiger partial charge in [0, 0.05) is 43.4 Å². The monoisotopic (exact) mass is 232 g/mol. The van der Waals surface area contributed by atoms with Crippen LogP contribution in [0.25, 0.3) is 0 Å². The molecule has 1 amide bonds. The van der Waals surface area contributed by atoms with Crippen molar-refractivity contribution in [3.8, 4) is 0 Å². The highest BCUT2D eigenvalue weighted by molar-refractivity contribution is 8.07. The summed E-state index contributed by atoms with van der Waals surface area (Å²) >= 11 is 3.74. The van der Waals surface area contributed by atoms with Gasteiger partial charge in [0.15, 0.2) is 0 Å². The standard InChI is InChI=1S/C9H16N2OS2/c12-9(8-7-13-5-6-14-8)11-3-1-10-2-4-11/h8,10H,1-7H2/t8-/m1/s1. The molecule has 1 N–H and O–H groups in total. The number of nitrogens with one attached hydrogen (secondary N) is 1. The highest BCUT2D eigenvalue weighted by Gasteiger charge is 2.27. The fourth-order valence-corrected chi connectivity index (χ4v) is 4.35. The Morgan fingerprint density at radius 2 is 2.07 bits per heavy atom. The summed E-state index contributed by atoms with van der Waals surface area (Å²) in [5.74, 6) is 3.71. The van der Waals surface area contributed by atoms with Gasteiger partial charge in [-0.25, -0.2) is 0 Å². The summed E-state index contributed by atoms with van der Waals surface area (Å²) in [6.45, 7) is 3.69. The molecular formula is C9H16N2OS2. The smallest absolute Gasteiger partial charge is 0.236 e. The van der Waals surface area contributed by atoms with Crippen molar-refractivity contribution in [2.24, 2.45) is 0 Å². The first-order valence-corrected chi connectivity index (χ1v) is 7.27. The molecule has 0 aromatic carbocycles. The number of piperazine rings is 1. The van der Waals surface area contributed by atoms with Gasteiger partial charge in [0.25, 0.3) is 0 Å². The van der Waals surface area contributed by atoms with Gasteiger partial charge < -0.3 is 10.2 Å². The molecule has 2 aliphatic heterocycles. The van der Waals surface area contributed by atoms with Gasteiger partial charge >= 0.3 is 0 Å². The molecule has 14 heavy (non-hydrogen) atoms. The second-order valence-electron chi connectivity index (χ2n) is 3.51. The number of carbonyl (C=O) groups excluding carboxylic acids is 1. The van der Waals surface area contributed by atoms with Crippen LogP contribution in [0.15, 0.2) is 0 Å². The molecule has 0 unspecified atom stereocenters. The lowest BCUT2D eigenvalue weighted by Crippen LogP contribution is -2.50. The van der Waals surface area contributed by atoms with Gasteiger partial charge in [-0.1, -0.05) is 0 Å². The molecule has 0 bridgehead atoms. The molecule has 80 valence electrons. The van der Waals surface area contributed by atoms with Gasteiger partial charge in [-0.15, -0.1) is 11.8 Å². The molecule has 0 spiro atoms. The fourth-order valence-electron chi connectivity index (χ4n) is 1.72. The van der Waals surface area contributed by atoms with Crippen LogP contribution in [-0.2, 0) is 4.79 Å². The van der Waals surface area contributed by atoms with Crippen LogP contribution in [0.4, 0.5) is 0 Å². The van der Waals surface area contributed by atoms with Gasteiger partial charge in [-0.05, 0) is 0 Å². The molecule has 1 atom stereocenters. The van der Waals surface area contributed by atoms with E-state index in [1.165, 1.54) is 5.75 Å². The van der Waals surface area contributed by atoms with Crippen LogP contribution in [0.2, 0.25) is 0 Å². The highest BCUT2D eigenvalue weighted by atomic mass is 32.2. The number of carbonyl (C=O) groups is 1. The molecule has 2 aliphatic rings. The Bertz CT molecular complexity index is 181. The Labute approximate surface area is 93.4 Å².